The average Bonchev–Trinajstić information content (AvgIpc) is 2.38. The normalized spacial score (nSPS) is 11.9. The maximum atomic E-state index is 11.9. The number of rotatable bonds is 6. The molecule has 18 heavy (non-hydrogen) atoms. The second-order valence-electron chi connectivity index (χ2n) is 3.98. The van der Waals surface area contributed by atoms with E-state index in [0.717, 1.165) is 12.0 Å². The van der Waals surface area contributed by atoms with Crippen molar-refractivity contribution in [3.63, 3.8) is 0 Å². The molecule has 4 nitrogen and oxygen atoms in total. The first-order chi connectivity index (χ1) is 8.58. The van der Waals surface area contributed by atoms with Gasteiger partial charge in [0.1, 0.15) is 4.99 Å². The van der Waals surface area contributed by atoms with Crippen molar-refractivity contribution in [2.45, 2.75) is 19.4 Å². The summed E-state index contributed by atoms with van der Waals surface area (Å²) in [5, 5.41) is 2.90. The van der Waals surface area contributed by atoms with E-state index in [1.165, 1.54) is 0 Å². The van der Waals surface area contributed by atoms with Crippen LogP contribution in [0.15, 0.2) is 24.3 Å². The van der Waals surface area contributed by atoms with Crippen molar-refractivity contribution >= 4 is 23.1 Å². The number of carbonyl (C=O) groups is 1. The zero-order chi connectivity index (χ0) is 13.5. The summed E-state index contributed by atoms with van der Waals surface area (Å²) in [4.78, 5) is 12.3. The first kappa shape index (κ1) is 14.6. The fourth-order valence-corrected chi connectivity index (χ4v) is 1.65. The van der Waals surface area contributed by atoms with Gasteiger partial charge in [-0.05, 0) is 18.6 Å². The number of hydrogen-bond donors (Lipinski definition) is 2. The van der Waals surface area contributed by atoms with Crippen molar-refractivity contribution in [2.24, 2.45) is 5.73 Å². The number of amides is 1. The van der Waals surface area contributed by atoms with Crippen LogP contribution in [0.1, 0.15) is 29.3 Å². The van der Waals surface area contributed by atoms with Crippen LogP contribution >= 0.6 is 12.2 Å². The minimum atomic E-state index is -0.117. The van der Waals surface area contributed by atoms with Crippen LogP contribution in [-0.2, 0) is 4.74 Å². The summed E-state index contributed by atoms with van der Waals surface area (Å²) in [6.07, 6.45) is 0.824. The van der Waals surface area contributed by atoms with E-state index in [0.29, 0.717) is 17.2 Å². The maximum absolute atomic E-state index is 11.9. The van der Waals surface area contributed by atoms with Gasteiger partial charge in [-0.15, -0.1) is 0 Å². The number of methoxy groups -OCH3 is 1. The monoisotopic (exact) mass is 266 g/mol. The highest BCUT2D eigenvalue weighted by Crippen LogP contribution is 2.05. The maximum Gasteiger partial charge on any atom is 0.251 e. The van der Waals surface area contributed by atoms with Crippen molar-refractivity contribution in [1.82, 2.24) is 5.32 Å². The Kier molecular flexibility index (Phi) is 5.74. The summed E-state index contributed by atoms with van der Waals surface area (Å²) in [6.45, 7) is 2.51. The van der Waals surface area contributed by atoms with E-state index in [-0.39, 0.29) is 11.9 Å². The van der Waals surface area contributed by atoms with E-state index in [9.17, 15) is 4.79 Å². The molecule has 0 spiro atoms. The van der Waals surface area contributed by atoms with E-state index < -0.39 is 0 Å². The number of hydrogen-bond acceptors (Lipinski definition) is 3. The van der Waals surface area contributed by atoms with E-state index in [2.05, 4.69) is 5.32 Å². The third-order valence-corrected chi connectivity index (χ3v) is 2.86. The zero-order valence-corrected chi connectivity index (χ0v) is 11.4. The lowest BCUT2D eigenvalue weighted by Crippen LogP contribution is -2.37. The molecule has 0 radical (unpaired) electrons. The van der Waals surface area contributed by atoms with Crippen LogP contribution in [0.4, 0.5) is 0 Å². The van der Waals surface area contributed by atoms with Crippen molar-refractivity contribution in [2.75, 3.05) is 13.7 Å². The Labute approximate surface area is 113 Å². The number of nitrogens with two attached hydrogens (primary N) is 1. The molecule has 0 aliphatic heterocycles. The first-order valence-corrected chi connectivity index (χ1v) is 6.19. The molecule has 0 saturated heterocycles. The molecule has 1 rings (SSSR count). The Morgan fingerprint density at radius 1 is 1.39 bits per heavy atom. The molecule has 0 aromatic heterocycles. The third-order valence-electron chi connectivity index (χ3n) is 2.63. The number of thiocarbonyl (C=S) groups is 1. The van der Waals surface area contributed by atoms with Crippen LogP contribution in [0.25, 0.3) is 0 Å². The predicted molar refractivity (Wildman–Crippen MR) is 75.8 cm³/mol. The molecule has 1 amide bonds. The van der Waals surface area contributed by atoms with E-state index in [1.54, 1.807) is 31.4 Å². The first-order valence-electron chi connectivity index (χ1n) is 5.78. The summed E-state index contributed by atoms with van der Waals surface area (Å²) in [5.41, 5.74) is 6.84. The van der Waals surface area contributed by atoms with Crippen LogP contribution < -0.4 is 11.1 Å². The Hall–Kier alpha value is -1.46. The van der Waals surface area contributed by atoms with Gasteiger partial charge in [0.05, 0.1) is 12.6 Å². The summed E-state index contributed by atoms with van der Waals surface area (Å²) in [6, 6.07) is 6.94. The number of nitrogens with one attached hydrogen (secondary N) is 1. The van der Waals surface area contributed by atoms with Crippen molar-refractivity contribution in [3.05, 3.63) is 35.4 Å². The molecule has 98 valence electrons. The lowest BCUT2D eigenvalue weighted by molar-refractivity contribution is 0.0894. The van der Waals surface area contributed by atoms with Crippen LogP contribution in [-0.4, -0.2) is 30.7 Å². The van der Waals surface area contributed by atoms with Gasteiger partial charge in [-0.2, -0.15) is 0 Å². The molecule has 1 aromatic rings. The average molecular weight is 266 g/mol. The fraction of sp³-hybridized carbons (Fsp3) is 0.385. The van der Waals surface area contributed by atoms with Gasteiger partial charge in [0.25, 0.3) is 5.91 Å². The number of carbonyl (C=O) groups excluding carboxylic acids is 1. The van der Waals surface area contributed by atoms with Crippen LogP contribution in [0.3, 0.4) is 0 Å². The summed E-state index contributed by atoms with van der Waals surface area (Å²) in [7, 11) is 1.62. The molecule has 1 aromatic carbocycles. The largest absolute Gasteiger partial charge is 0.389 e. The minimum Gasteiger partial charge on any atom is -0.389 e. The standard InChI is InChI=1S/C13H18N2O2S/c1-3-11(8-17-2)15-13(16)10-6-4-9(5-7-10)12(14)18/h4-7,11H,3,8H2,1-2H3,(H2,14,18)(H,15,16). The lowest BCUT2D eigenvalue weighted by Gasteiger charge is -2.15. The zero-order valence-electron chi connectivity index (χ0n) is 10.6. The number of benzene rings is 1. The van der Waals surface area contributed by atoms with Crippen molar-refractivity contribution < 1.29 is 9.53 Å². The highest BCUT2D eigenvalue weighted by molar-refractivity contribution is 7.80. The highest BCUT2D eigenvalue weighted by Gasteiger charge is 2.11. The molecular formula is C13H18N2O2S. The summed E-state index contributed by atoms with van der Waals surface area (Å²) < 4.78 is 5.03. The Morgan fingerprint density at radius 3 is 2.39 bits per heavy atom. The molecule has 0 bridgehead atoms. The topological polar surface area (TPSA) is 64.3 Å². The molecule has 0 heterocycles. The van der Waals surface area contributed by atoms with Crippen molar-refractivity contribution in [3.8, 4) is 0 Å². The second kappa shape index (κ2) is 7.08. The SMILES string of the molecule is CCC(COC)NC(=O)c1ccc(C(N)=S)cc1. The van der Waals surface area contributed by atoms with Gasteiger partial charge in [-0.1, -0.05) is 31.3 Å². The van der Waals surface area contributed by atoms with Gasteiger partial charge in [0, 0.05) is 18.2 Å². The smallest absolute Gasteiger partial charge is 0.251 e. The molecule has 0 aliphatic rings. The summed E-state index contributed by atoms with van der Waals surface area (Å²) in [5.74, 6) is -0.117. The second-order valence-corrected chi connectivity index (χ2v) is 4.42. The van der Waals surface area contributed by atoms with E-state index in [4.69, 9.17) is 22.7 Å². The van der Waals surface area contributed by atoms with Crippen LogP contribution in [0, 0.1) is 0 Å². The summed E-state index contributed by atoms with van der Waals surface area (Å²) >= 11 is 4.85. The minimum absolute atomic E-state index is 0.0257. The van der Waals surface area contributed by atoms with E-state index in [1.807, 2.05) is 6.92 Å². The van der Waals surface area contributed by atoms with Gasteiger partial charge in [-0.3, -0.25) is 4.79 Å². The molecule has 3 N–H and O–H groups in total. The Balaban J connectivity index is 2.69. The van der Waals surface area contributed by atoms with Crippen LogP contribution in [0.5, 0.6) is 0 Å². The fourth-order valence-electron chi connectivity index (χ4n) is 1.52. The van der Waals surface area contributed by atoms with Gasteiger partial charge < -0.3 is 15.8 Å². The molecule has 1 unspecified atom stereocenters. The van der Waals surface area contributed by atoms with Crippen LogP contribution in [0.2, 0.25) is 0 Å². The molecule has 0 saturated carbocycles. The Morgan fingerprint density at radius 2 is 1.94 bits per heavy atom. The third kappa shape index (κ3) is 4.09. The number of ether oxygens (including phenoxy) is 1. The van der Waals surface area contributed by atoms with Crippen molar-refractivity contribution in [1.29, 1.82) is 0 Å². The predicted octanol–water partition coefficient (Wildman–Crippen LogP) is 1.48. The van der Waals surface area contributed by atoms with Gasteiger partial charge in [0.2, 0.25) is 0 Å². The molecule has 0 fully saturated rings. The quantitative estimate of drug-likeness (QED) is 0.765. The van der Waals surface area contributed by atoms with Gasteiger partial charge >= 0.3 is 0 Å². The van der Waals surface area contributed by atoms with Gasteiger partial charge in [-0.25, -0.2) is 0 Å². The molecule has 5 heteroatoms. The Bertz CT molecular complexity index is 418. The van der Waals surface area contributed by atoms with Gasteiger partial charge in [0.15, 0.2) is 0 Å². The molecular weight excluding hydrogens is 248 g/mol. The lowest BCUT2D eigenvalue weighted by atomic mass is 10.1. The molecule has 0 aliphatic carbocycles. The molecule has 1 atom stereocenters. The highest BCUT2D eigenvalue weighted by atomic mass is 32.1. The van der Waals surface area contributed by atoms with E-state index >= 15 is 0 Å².